The van der Waals surface area contributed by atoms with Crippen molar-refractivity contribution in [3.8, 4) is 0 Å². The Morgan fingerprint density at radius 3 is 2.31 bits per heavy atom. The van der Waals surface area contributed by atoms with E-state index < -0.39 is 6.03 Å². The fourth-order valence-corrected chi connectivity index (χ4v) is 7.01. The van der Waals surface area contributed by atoms with Crippen LogP contribution < -0.4 is 16.4 Å². The Kier molecular flexibility index (Phi) is 4.71. The molecule has 4 aliphatic rings. The van der Waals surface area contributed by atoms with Crippen LogP contribution in [0.25, 0.3) is 0 Å². The first-order valence-electron chi connectivity index (χ1n) is 9.82. The standard InChI is InChI=1S/C20H29N3O2S/c1-12(20-9-13-5-14(10-20)7-15(6-13)11-20)22-18(24)8-16(23-19(21)25)17-3-2-4-26-17/h2-4,12-16H,5-11H2,1H3,(H,22,24)(H3,21,23,25). The molecule has 2 unspecified atom stereocenters. The minimum Gasteiger partial charge on any atom is -0.353 e. The van der Waals surface area contributed by atoms with Gasteiger partial charge in [-0.2, -0.15) is 0 Å². The van der Waals surface area contributed by atoms with E-state index in [2.05, 4.69) is 17.6 Å². The lowest BCUT2D eigenvalue weighted by atomic mass is 9.48. The predicted octanol–water partition coefficient (Wildman–Crippen LogP) is 3.57. The first-order valence-corrected chi connectivity index (χ1v) is 10.7. The Balaban J connectivity index is 1.40. The highest BCUT2D eigenvalue weighted by atomic mass is 32.1. The molecule has 26 heavy (non-hydrogen) atoms. The maximum Gasteiger partial charge on any atom is 0.312 e. The van der Waals surface area contributed by atoms with Gasteiger partial charge in [-0.3, -0.25) is 4.79 Å². The summed E-state index contributed by atoms with van der Waals surface area (Å²) in [6, 6.07) is 3.11. The van der Waals surface area contributed by atoms with Gasteiger partial charge < -0.3 is 16.4 Å². The number of hydrogen-bond acceptors (Lipinski definition) is 3. The fraction of sp³-hybridized carbons (Fsp3) is 0.700. The van der Waals surface area contributed by atoms with E-state index in [-0.39, 0.29) is 24.4 Å². The van der Waals surface area contributed by atoms with Crippen LogP contribution in [0.3, 0.4) is 0 Å². The van der Waals surface area contributed by atoms with Crippen molar-refractivity contribution in [1.29, 1.82) is 0 Å². The van der Waals surface area contributed by atoms with E-state index in [9.17, 15) is 9.59 Å². The van der Waals surface area contributed by atoms with Gasteiger partial charge in [-0.05, 0) is 80.1 Å². The second kappa shape index (κ2) is 6.87. The Bertz CT molecular complexity index is 637. The van der Waals surface area contributed by atoms with Gasteiger partial charge in [-0.1, -0.05) is 6.07 Å². The Morgan fingerprint density at radius 2 is 1.81 bits per heavy atom. The molecule has 1 aromatic heterocycles. The lowest BCUT2D eigenvalue weighted by molar-refractivity contribution is -0.126. The van der Waals surface area contributed by atoms with E-state index >= 15 is 0 Å². The average Bonchev–Trinajstić information content (AvgIpc) is 3.06. The molecule has 4 saturated carbocycles. The van der Waals surface area contributed by atoms with Gasteiger partial charge in [0.25, 0.3) is 0 Å². The maximum absolute atomic E-state index is 12.7. The summed E-state index contributed by atoms with van der Waals surface area (Å²) < 4.78 is 0. The lowest BCUT2D eigenvalue weighted by Gasteiger charge is -2.59. The molecule has 4 aliphatic carbocycles. The van der Waals surface area contributed by atoms with E-state index in [0.29, 0.717) is 5.41 Å². The summed E-state index contributed by atoms with van der Waals surface area (Å²) in [5.74, 6) is 2.61. The summed E-state index contributed by atoms with van der Waals surface area (Å²) in [6.45, 7) is 2.19. The van der Waals surface area contributed by atoms with Crippen LogP contribution in [-0.4, -0.2) is 18.0 Å². The highest BCUT2D eigenvalue weighted by molar-refractivity contribution is 7.10. The number of nitrogens with one attached hydrogen (secondary N) is 2. The quantitative estimate of drug-likeness (QED) is 0.710. The summed E-state index contributed by atoms with van der Waals surface area (Å²) in [6.07, 6.45) is 8.27. The zero-order chi connectivity index (χ0) is 18.3. The Hall–Kier alpha value is -1.56. The minimum atomic E-state index is -0.592. The first-order chi connectivity index (χ1) is 12.4. The molecule has 0 aliphatic heterocycles. The molecule has 1 heterocycles. The fourth-order valence-electron chi connectivity index (χ4n) is 6.23. The second-order valence-electron chi connectivity index (χ2n) is 8.85. The van der Waals surface area contributed by atoms with Crippen molar-refractivity contribution in [3.05, 3.63) is 22.4 Å². The maximum atomic E-state index is 12.7. The van der Waals surface area contributed by atoms with Gasteiger partial charge in [0.2, 0.25) is 5.91 Å². The predicted molar refractivity (Wildman–Crippen MR) is 103 cm³/mol. The van der Waals surface area contributed by atoms with Crippen molar-refractivity contribution in [2.45, 2.75) is 64.0 Å². The van der Waals surface area contributed by atoms with Crippen LogP contribution in [-0.2, 0) is 4.79 Å². The number of carbonyl (C=O) groups excluding carboxylic acids is 2. The number of nitrogens with two attached hydrogens (primary N) is 1. The number of rotatable bonds is 6. The molecular formula is C20H29N3O2S. The highest BCUT2D eigenvalue weighted by Crippen LogP contribution is 2.61. The third-order valence-electron chi connectivity index (χ3n) is 6.97. The van der Waals surface area contributed by atoms with E-state index in [0.717, 1.165) is 22.6 Å². The molecule has 4 N–H and O–H groups in total. The van der Waals surface area contributed by atoms with Gasteiger partial charge in [-0.15, -0.1) is 11.3 Å². The number of hydrogen-bond donors (Lipinski definition) is 3. The van der Waals surface area contributed by atoms with E-state index in [1.807, 2.05) is 17.5 Å². The van der Waals surface area contributed by atoms with Crippen molar-refractivity contribution >= 4 is 23.3 Å². The highest BCUT2D eigenvalue weighted by Gasteiger charge is 2.53. The van der Waals surface area contributed by atoms with Crippen molar-refractivity contribution in [1.82, 2.24) is 10.6 Å². The molecule has 1 aromatic rings. The molecule has 4 fully saturated rings. The largest absolute Gasteiger partial charge is 0.353 e. The van der Waals surface area contributed by atoms with Gasteiger partial charge in [-0.25, -0.2) is 4.79 Å². The first kappa shape index (κ1) is 17.8. The van der Waals surface area contributed by atoms with Crippen LogP contribution in [0.15, 0.2) is 17.5 Å². The topological polar surface area (TPSA) is 84.2 Å². The number of carbonyl (C=O) groups is 2. The van der Waals surface area contributed by atoms with Gasteiger partial charge >= 0.3 is 6.03 Å². The third-order valence-corrected chi connectivity index (χ3v) is 7.96. The van der Waals surface area contributed by atoms with Gasteiger partial charge in [0, 0.05) is 10.9 Å². The molecule has 0 saturated heterocycles. The summed E-state index contributed by atoms with van der Waals surface area (Å²) in [5.41, 5.74) is 5.59. The van der Waals surface area contributed by atoms with Crippen LogP contribution >= 0.6 is 11.3 Å². The summed E-state index contributed by atoms with van der Waals surface area (Å²) in [5, 5.41) is 7.93. The van der Waals surface area contributed by atoms with Gasteiger partial charge in [0.1, 0.15) is 0 Å². The van der Waals surface area contributed by atoms with Crippen molar-refractivity contribution in [2.24, 2.45) is 28.9 Å². The molecule has 0 spiro atoms. The molecule has 2 atom stereocenters. The zero-order valence-corrected chi connectivity index (χ0v) is 16.2. The third kappa shape index (κ3) is 3.48. The molecule has 142 valence electrons. The molecule has 5 nitrogen and oxygen atoms in total. The van der Waals surface area contributed by atoms with Crippen molar-refractivity contribution in [3.63, 3.8) is 0 Å². The number of thiophene rings is 1. The molecule has 0 radical (unpaired) electrons. The van der Waals surface area contributed by atoms with Crippen molar-refractivity contribution in [2.75, 3.05) is 0 Å². The molecule has 0 aromatic carbocycles. The zero-order valence-electron chi connectivity index (χ0n) is 15.4. The second-order valence-corrected chi connectivity index (χ2v) is 9.83. The van der Waals surface area contributed by atoms with Crippen LogP contribution in [0.2, 0.25) is 0 Å². The SMILES string of the molecule is CC(NC(=O)CC(NC(N)=O)c1cccs1)C12CC3CC(CC(C3)C1)C2. The number of urea groups is 1. The smallest absolute Gasteiger partial charge is 0.312 e. The summed E-state index contributed by atoms with van der Waals surface area (Å²) in [4.78, 5) is 25.0. The summed E-state index contributed by atoms with van der Waals surface area (Å²) >= 11 is 1.53. The number of amides is 3. The van der Waals surface area contributed by atoms with Gasteiger partial charge in [0.05, 0.1) is 12.5 Å². The van der Waals surface area contributed by atoms with Crippen LogP contribution in [0, 0.1) is 23.2 Å². The minimum absolute atomic E-state index is 0.000366. The molecule has 3 amide bonds. The van der Waals surface area contributed by atoms with E-state index in [1.54, 1.807) is 0 Å². The average molecular weight is 376 g/mol. The van der Waals surface area contributed by atoms with Gasteiger partial charge in [0.15, 0.2) is 0 Å². The Morgan fingerprint density at radius 1 is 1.19 bits per heavy atom. The monoisotopic (exact) mass is 375 g/mol. The molecule has 4 bridgehead atoms. The van der Waals surface area contributed by atoms with Crippen LogP contribution in [0.5, 0.6) is 0 Å². The molecule has 5 rings (SSSR count). The molecular weight excluding hydrogens is 346 g/mol. The number of primary amides is 1. The van der Waals surface area contributed by atoms with Crippen LogP contribution in [0.1, 0.15) is 62.8 Å². The van der Waals surface area contributed by atoms with Crippen molar-refractivity contribution < 1.29 is 9.59 Å². The van der Waals surface area contributed by atoms with E-state index in [4.69, 9.17) is 5.73 Å². The lowest BCUT2D eigenvalue weighted by Crippen LogP contribution is -2.56. The normalized spacial score (nSPS) is 34.3. The molecule has 6 heteroatoms. The van der Waals surface area contributed by atoms with Crippen LogP contribution in [0.4, 0.5) is 4.79 Å². The van der Waals surface area contributed by atoms with E-state index in [1.165, 1.54) is 49.9 Å². The Labute approximate surface area is 159 Å². The summed E-state index contributed by atoms with van der Waals surface area (Å²) in [7, 11) is 0.